The number of aromatic nitrogens is 4. The van der Waals surface area contributed by atoms with Crippen LogP contribution in [0.25, 0.3) is 0 Å². The number of alkyl halides is 3. The third-order valence-electron chi connectivity index (χ3n) is 4.71. The minimum Gasteiger partial charge on any atom is -0.342 e. The van der Waals surface area contributed by atoms with Crippen LogP contribution in [-0.4, -0.2) is 31.8 Å². The summed E-state index contributed by atoms with van der Waals surface area (Å²) in [5.41, 5.74) is -0.323. The maximum atomic E-state index is 13.1. The number of hydrogen-bond acceptors (Lipinski definition) is 8. The van der Waals surface area contributed by atoms with Gasteiger partial charge in [-0.3, -0.25) is 9.59 Å². The number of carbonyl (C=O) groups excluding carboxylic acids is 2. The molecule has 0 spiro atoms. The fourth-order valence-electron chi connectivity index (χ4n) is 2.98. The Hall–Kier alpha value is -3.84. The summed E-state index contributed by atoms with van der Waals surface area (Å²) < 4.78 is 39.2. The molecule has 37 heavy (non-hydrogen) atoms. The van der Waals surface area contributed by atoms with Crippen LogP contribution < -0.4 is 15.5 Å². The SMILES string of the molecule is C=C(C)N(/C=C\C)c1cc(C(=O)N[C@H](C)c2ncc(C(=O)Nc3cc(C(F)(F)F)c(Cl)cn3)s2)ncn1. The largest absolute Gasteiger partial charge is 0.418 e. The van der Waals surface area contributed by atoms with Crippen molar-refractivity contribution in [2.45, 2.75) is 33.0 Å². The highest BCUT2D eigenvalue weighted by Gasteiger charge is 2.34. The average Bonchev–Trinajstić information content (AvgIpc) is 3.33. The maximum Gasteiger partial charge on any atom is 0.418 e. The first-order valence-electron chi connectivity index (χ1n) is 10.6. The molecule has 0 aliphatic heterocycles. The summed E-state index contributed by atoms with van der Waals surface area (Å²) in [5.74, 6) is -1.07. The van der Waals surface area contributed by atoms with E-state index in [4.69, 9.17) is 11.6 Å². The molecule has 0 fully saturated rings. The van der Waals surface area contributed by atoms with Crippen molar-refractivity contribution in [2.75, 3.05) is 10.2 Å². The highest BCUT2D eigenvalue weighted by atomic mass is 35.5. The zero-order valence-electron chi connectivity index (χ0n) is 19.8. The Morgan fingerprint density at radius 2 is 1.89 bits per heavy atom. The molecule has 3 heterocycles. The van der Waals surface area contributed by atoms with Crippen molar-refractivity contribution < 1.29 is 22.8 Å². The van der Waals surface area contributed by atoms with Crippen molar-refractivity contribution in [2.24, 2.45) is 0 Å². The van der Waals surface area contributed by atoms with Gasteiger partial charge in [-0.2, -0.15) is 13.2 Å². The molecule has 1 atom stereocenters. The lowest BCUT2D eigenvalue weighted by Crippen LogP contribution is -2.28. The monoisotopic (exact) mass is 551 g/mol. The molecule has 3 aromatic heterocycles. The number of pyridine rings is 1. The second-order valence-corrected chi connectivity index (χ2v) is 9.08. The van der Waals surface area contributed by atoms with Gasteiger partial charge in [-0.05, 0) is 26.8 Å². The van der Waals surface area contributed by atoms with Gasteiger partial charge in [-0.1, -0.05) is 24.3 Å². The summed E-state index contributed by atoms with van der Waals surface area (Å²) in [7, 11) is 0. The summed E-state index contributed by atoms with van der Waals surface area (Å²) >= 11 is 6.52. The van der Waals surface area contributed by atoms with Gasteiger partial charge in [0.25, 0.3) is 11.8 Å². The summed E-state index contributed by atoms with van der Waals surface area (Å²) in [6.45, 7) is 9.18. The highest BCUT2D eigenvalue weighted by Crippen LogP contribution is 2.35. The molecular weight excluding hydrogens is 531 g/mol. The van der Waals surface area contributed by atoms with Gasteiger partial charge in [-0.25, -0.2) is 19.9 Å². The number of hydrogen-bond donors (Lipinski definition) is 2. The van der Waals surface area contributed by atoms with Gasteiger partial charge in [0.1, 0.15) is 33.5 Å². The van der Waals surface area contributed by atoms with Gasteiger partial charge in [-0.15, -0.1) is 11.3 Å². The molecule has 0 radical (unpaired) electrons. The predicted molar refractivity (Wildman–Crippen MR) is 134 cm³/mol. The van der Waals surface area contributed by atoms with E-state index in [1.165, 1.54) is 18.6 Å². The topological polar surface area (TPSA) is 113 Å². The smallest absolute Gasteiger partial charge is 0.342 e. The predicted octanol–water partition coefficient (Wildman–Crippen LogP) is 5.62. The van der Waals surface area contributed by atoms with E-state index in [1.807, 2.05) is 6.92 Å². The van der Waals surface area contributed by atoms with Crippen LogP contribution in [0.2, 0.25) is 5.02 Å². The van der Waals surface area contributed by atoms with Crippen molar-refractivity contribution in [1.82, 2.24) is 25.3 Å². The first-order chi connectivity index (χ1) is 17.4. The number of halogens is 4. The molecule has 0 aliphatic carbocycles. The van der Waals surface area contributed by atoms with Crippen LogP contribution >= 0.6 is 22.9 Å². The molecule has 0 bridgehead atoms. The Morgan fingerprint density at radius 1 is 1.16 bits per heavy atom. The molecule has 0 saturated carbocycles. The fourth-order valence-corrected chi connectivity index (χ4v) is 4.00. The van der Waals surface area contributed by atoms with Crippen LogP contribution in [0.1, 0.15) is 57.5 Å². The second kappa shape index (κ2) is 11.5. The molecule has 0 unspecified atom stereocenters. The summed E-state index contributed by atoms with van der Waals surface area (Å²) in [5, 5.41) is 4.85. The third kappa shape index (κ3) is 6.89. The molecule has 14 heteroatoms. The van der Waals surface area contributed by atoms with E-state index in [1.54, 1.807) is 31.0 Å². The Labute approximate surface area is 219 Å². The van der Waals surface area contributed by atoms with Gasteiger partial charge < -0.3 is 15.5 Å². The Morgan fingerprint density at radius 3 is 2.54 bits per heavy atom. The molecule has 2 amide bonds. The van der Waals surface area contributed by atoms with Crippen LogP contribution in [0.15, 0.2) is 55.4 Å². The van der Waals surface area contributed by atoms with E-state index in [2.05, 4.69) is 37.1 Å². The average molecular weight is 552 g/mol. The van der Waals surface area contributed by atoms with E-state index in [9.17, 15) is 22.8 Å². The minimum absolute atomic E-state index is 0.106. The summed E-state index contributed by atoms with van der Waals surface area (Å²) in [6.07, 6.45) is 2.17. The molecule has 0 saturated heterocycles. The van der Waals surface area contributed by atoms with Crippen molar-refractivity contribution >= 4 is 46.4 Å². The molecule has 194 valence electrons. The second-order valence-electron chi connectivity index (χ2n) is 7.61. The first-order valence-corrected chi connectivity index (χ1v) is 11.8. The van der Waals surface area contributed by atoms with E-state index in [-0.39, 0.29) is 16.4 Å². The number of nitrogens with zero attached hydrogens (tertiary/aromatic N) is 5. The molecular formula is C23H21ClF3N7O2S. The van der Waals surface area contributed by atoms with Crippen LogP contribution in [0.5, 0.6) is 0 Å². The zero-order chi connectivity index (χ0) is 27.3. The molecule has 0 aliphatic rings. The number of carbonyl (C=O) groups is 2. The Kier molecular flexibility index (Phi) is 8.61. The van der Waals surface area contributed by atoms with E-state index in [0.29, 0.717) is 22.6 Å². The van der Waals surface area contributed by atoms with Gasteiger partial charge in [0.2, 0.25) is 0 Å². The van der Waals surface area contributed by atoms with Gasteiger partial charge in [0, 0.05) is 24.2 Å². The molecule has 3 rings (SSSR count). The molecule has 9 nitrogen and oxygen atoms in total. The minimum atomic E-state index is -4.70. The number of allylic oxidation sites excluding steroid dienone is 2. The van der Waals surface area contributed by atoms with Crippen molar-refractivity contribution in [3.63, 3.8) is 0 Å². The lowest BCUT2D eigenvalue weighted by atomic mass is 10.2. The number of rotatable bonds is 8. The van der Waals surface area contributed by atoms with Gasteiger partial charge in [0.05, 0.1) is 22.8 Å². The van der Waals surface area contributed by atoms with Gasteiger partial charge >= 0.3 is 6.18 Å². The standard InChI is InChI=1S/C23H21ClF3N7O2S/c1-5-6-34(12(2)3)19-8-16(30-11-31-19)20(35)32-13(4)22-29-10-17(37-22)21(36)33-18-7-14(23(25,26)27)15(24)9-28-18/h5-11,13H,2H2,1,3-4H3,(H,32,35)(H,28,33,36)/b6-5-/t13-/m1/s1. The van der Waals surface area contributed by atoms with Crippen molar-refractivity contribution in [3.05, 3.63) is 81.6 Å². The summed E-state index contributed by atoms with van der Waals surface area (Å²) in [6, 6.07) is 1.55. The number of thiazole rings is 1. The number of anilines is 2. The quantitative estimate of drug-likeness (QED) is 0.374. The molecule has 2 N–H and O–H groups in total. The lowest BCUT2D eigenvalue weighted by Gasteiger charge is -2.19. The van der Waals surface area contributed by atoms with E-state index >= 15 is 0 Å². The third-order valence-corrected chi connectivity index (χ3v) is 6.19. The van der Waals surface area contributed by atoms with Crippen LogP contribution in [-0.2, 0) is 6.18 Å². The Balaban J connectivity index is 1.70. The highest BCUT2D eigenvalue weighted by molar-refractivity contribution is 7.13. The molecule has 0 aromatic carbocycles. The van der Waals surface area contributed by atoms with Gasteiger partial charge in [0.15, 0.2) is 0 Å². The molecule has 3 aromatic rings. The van der Waals surface area contributed by atoms with E-state index < -0.39 is 34.6 Å². The first kappa shape index (κ1) is 27.7. The fraction of sp³-hybridized carbons (Fsp3) is 0.217. The summed E-state index contributed by atoms with van der Waals surface area (Å²) in [4.78, 5) is 43.2. The van der Waals surface area contributed by atoms with Crippen LogP contribution in [0.3, 0.4) is 0 Å². The van der Waals surface area contributed by atoms with Crippen LogP contribution in [0, 0.1) is 0 Å². The lowest BCUT2D eigenvalue weighted by molar-refractivity contribution is -0.137. The van der Waals surface area contributed by atoms with Crippen molar-refractivity contribution in [1.29, 1.82) is 0 Å². The van der Waals surface area contributed by atoms with Crippen LogP contribution in [0.4, 0.5) is 24.8 Å². The number of nitrogens with one attached hydrogen (secondary N) is 2. The van der Waals surface area contributed by atoms with Crippen molar-refractivity contribution in [3.8, 4) is 0 Å². The number of amides is 2. The van der Waals surface area contributed by atoms with E-state index in [0.717, 1.165) is 17.5 Å². The Bertz CT molecular complexity index is 1360. The normalized spacial score (nSPS) is 12.3. The maximum absolute atomic E-state index is 13.1. The zero-order valence-corrected chi connectivity index (χ0v) is 21.4.